The number of hydrogen-bond donors (Lipinski definition) is 2. The molecule has 0 saturated heterocycles. The molecule has 3 atom stereocenters. The summed E-state index contributed by atoms with van der Waals surface area (Å²) in [6.45, 7) is 7.80. The van der Waals surface area contributed by atoms with E-state index in [1.165, 1.54) is 11.6 Å². The largest absolute Gasteiger partial charge is 0.375 e. The summed E-state index contributed by atoms with van der Waals surface area (Å²) in [5.41, 5.74) is 1.52. The van der Waals surface area contributed by atoms with Crippen molar-refractivity contribution in [2.75, 3.05) is 25.5 Å². The van der Waals surface area contributed by atoms with Gasteiger partial charge in [0.05, 0.1) is 17.3 Å². The first-order valence-electron chi connectivity index (χ1n) is 9.16. The van der Waals surface area contributed by atoms with E-state index in [-0.39, 0.29) is 23.9 Å². The van der Waals surface area contributed by atoms with Gasteiger partial charge in [-0.25, -0.2) is 4.39 Å². The molecule has 0 aliphatic carbocycles. The summed E-state index contributed by atoms with van der Waals surface area (Å²) in [7, 11) is 1.93. The fraction of sp³-hybridized carbons (Fsp3) is 0.579. The number of nitrogens with one attached hydrogen (secondary N) is 2. The van der Waals surface area contributed by atoms with E-state index >= 15 is 0 Å². The number of allylic oxidation sites excluding steroid dienone is 1. The minimum absolute atomic E-state index is 0.0136. The van der Waals surface area contributed by atoms with Crippen LogP contribution in [0.3, 0.4) is 0 Å². The highest BCUT2D eigenvalue weighted by Gasteiger charge is 2.25. The number of anilines is 1. The molecule has 1 heterocycles. The first-order valence-corrected chi connectivity index (χ1v) is 9.54. The van der Waals surface area contributed by atoms with E-state index in [9.17, 15) is 4.39 Å². The van der Waals surface area contributed by atoms with Crippen molar-refractivity contribution in [1.82, 2.24) is 10.3 Å². The maximum Gasteiger partial charge on any atom is 0.147 e. The molecule has 1 aliphatic heterocycles. The maximum absolute atomic E-state index is 14.2. The molecule has 26 heavy (non-hydrogen) atoms. The first kappa shape index (κ1) is 20.6. The fourth-order valence-corrected chi connectivity index (χ4v) is 3.20. The first-order chi connectivity index (χ1) is 12.5. The second-order valence-corrected chi connectivity index (χ2v) is 7.11. The molecule has 2 rings (SSSR count). The van der Waals surface area contributed by atoms with Crippen molar-refractivity contribution in [3.05, 3.63) is 40.7 Å². The second-order valence-electron chi connectivity index (χ2n) is 6.70. The van der Waals surface area contributed by atoms with Gasteiger partial charge in [0.25, 0.3) is 0 Å². The Hall–Kier alpha value is -1.66. The quantitative estimate of drug-likeness (QED) is 0.611. The molecule has 144 valence electrons. The monoisotopic (exact) mass is 381 g/mol. The van der Waals surface area contributed by atoms with E-state index in [1.807, 2.05) is 12.1 Å². The Kier molecular flexibility index (Phi) is 7.85. The van der Waals surface area contributed by atoms with Gasteiger partial charge in [0.15, 0.2) is 0 Å². The van der Waals surface area contributed by atoms with Crippen LogP contribution in [0.1, 0.15) is 33.6 Å². The molecular weight excluding hydrogens is 353 g/mol. The molecule has 2 N–H and O–H groups in total. The van der Waals surface area contributed by atoms with Gasteiger partial charge >= 0.3 is 0 Å². The number of rotatable bonds is 9. The molecule has 0 amide bonds. The molecule has 0 bridgehead atoms. The summed E-state index contributed by atoms with van der Waals surface area (Å²) in [6.07, 6.45) is 3.87. The predicted molar refractivity (Wildman–Crippen MR) is 106 cm³/mol. The molecule has 0 radical (unpaired) electrons. The van der Waals surface area contributed by atoms with Crippen molar-refractivity contribution in [3.8, 4) is 0 Å². The van der Waals surface area contributed by atoms with Crippen LogP contribution in [-0.4, -0.2) is 43.3 Å². The summed E-state index contributed by atoms with van der Waals surface area (Å²) in [5, 5.41) is 17.5. The zero-order valence-corrected chi connectivity index (χ0v) is 16.7. The standard InChI is InChI=1S/C19H29ClFN5/c1-5-7-13(2)17(23-19-15(20)8-6-9-16(19)21)10-11-26-12-18(24-25-26)14(3)22-4/h6-9,14,17-18,22-23H,5,10-12H2,1-4H3/b13-7+/t14?,17?,18-/m1/s1. The van der Waals surface area contributed by atoms with Gasteiger partial charge in [0.2, 0.25) is 0 Å². The molecule has 7 heteroatoms. The van der Waals surface area contributed by atoms with E-state index in [0.717, 1.165) is 25.9 Å². The number of hydrogen-bond acceptors (Lipinski definition) is 5. The Labute approximate surface area is 160 Å². The lowest BCUT2D eigenvalue weighted by atomic mass is 10.0. The van der Waals surface area contributed by atoms with Crippen LogP contribution in [0.4, 0.5) is 10.1 Å². The number of likely N-dealkylation sites (N-methyl/N-ethyl adjacent to an activating group) is 1. The van der Waals surface area contributed by atoms with Crippen LogP contribution in [0.2, 0.25) is 5.02 Å². The van der Waals surface area contributed by atoms with Crippen LogP contribution in [0.25, 0.3) is 0 Å². The van der Waals surface area contributed by atoms with Gasteiger partial charge in [0, 0.05) is 18.6 Å². The van der Waals surface area contributed by atoms with Crippen molar-refractivity contribution in [2.45, 2.75) is 51.7 Å². The van der Waals surface area contributed by atoms with Crippen molar-refractivity contribution in [2.24, 2.45) is 10.3 Å². The number of benzene rings is 1. The lowest BCUT2D eigenvalue weighted by Crippen LogP contribution is -2.38. The van der Waals surface area contributed by atoms with Crippen LogP contribution in [-0.2, 0) is 0 Å². The third-order valence-electron chi connectivity index (χ3n) is 4.79. The molecule has 1 aliphatic rings. The molecule has 0 spiro atoms. The van der Waals surface area contributed by atoms with Crippen molar-refractivity contribution in [3.63, 3.8) is 0 Å². The Morgan fingerprint density at radius 3 is 2.92 bits per heavy atom. The summed E-state index contributed by atoms with van der Waals surface area (Å²) in [5.74, 6) is -0.337. The molecule has 1 aromatic rings. The highest BCUT2D eigenvalue weighted by atomic mass is 35.5. The maximum atomic E-state index is 14.2. The fourth-order valence-electron chi connectivity index (χ4n) is 2.98. The van der Waals surface area contributed by atoms with Crippen LogP contribution >= 0.6 is 11.6 Å². The summed E-state index contributed by atoms with van der Waals surface area (Å²) < 4.78 is 14.2. The Morgan fingerprint density at radius 2 is 2.27 bits per heavy atom. The third-order valence-corrected chi connectivity index (χ3v) is 5.10. The normalized spacial score (nSPS) is 19.7. The van der Waals surface area contributed by atoms with Crippen molar-refractivity contribution in [1.29, 1.82) is 0 Å². The third kappa shape index (κ3) is 5.42. The van der Waals surface area contributed by atoms with Crippen molar-refractivity contribution >= 4 is 17.3 Å². The molecular formula is C19H29ClFN5. The van der Waals surface area contributed by atoms with Gasteiger partial charge in [-0.3, -0.25) is 5.01 Å². The average Bonchev–Trinajstić information content (AvgIpc) is 3.09. The van der Waals surface area contributed by atoms with Gasteiger partial charge < -0.3 is 10.6 Å². The highest BCUT2D eigenvalue weighted by Crippen LogP contribution is 2.27. The minimum atomic E-state index is -0.337. The summed E-state index contributed by atoms with van der Waals surface area (Å²) in [4.78, 5) is 0. The number of halogens is 2. The van der Waals surface area contributed by atoms with Crippen LogP contribution < -0.4 is 10.6 Å². The van der Waals surface area contributed by atoms with E-state index in [4.69, 9.17) is 11.6 Å². The van der Waals surface area contributed by atoms with Gasteiger partial charge in [-0.2, -0.15) is 5.11 Å². The molecule has 0 aromatic heterocycles. The van der Waals surface area contributed by atoms with Crippen LogP contribution in [0.5, 0.6) is 0 Å². The minimum Gasteiger partial charge on any atom is -0.375 e. The SMILES string of the molecule is CC/C=C(\C)C(CCN1C[C@H](C(C)NC)N=N1)Nc1c(F)cccc1Cl. The molecule has 1 aromatic carbocycles. The smallest absolute Gasteiger partial charge is 0.147 e. The second kappa shape index (κ2) is 9.88. The Morgan fingerprint density at radius 1 is 1.50 bits per heavy atom. The summed E-state index contributed by atoms with van der Waals surface area (Å²) in [6, 6.07) is 5.17. The average molecular weight is 382 g/mol. The van der Waals surface area contributed by atoms with E-state index in [2.05, 4.69) is 47.8 Å². The zero-order valence-electron chi connectivity index (χ0n) is 16.0. The van der Waals surface area contributed by atoms with Crippen molar-refractivity contribution < 1.29 is 4.39 Å². The topological polar surface area (TPSA) is 52.0 Å². The van der Waals surface area contributed by atoms with Gasteiger partial charge in [-0.15, -0.1) is 0 Å². The Balaban J connectivity index is 2.03. The molecule has 5 nitrogen and oxygen atoms in total. The number of nitrogens with zero attached hydrogens (tertiary/aromatic N) is 3. The molecule has 2 unspecified atom stereocenters. The molecule has 0 fully saturated rings. The Bertz CT molecular complexity index is 629. The lowest BCUT2D eigenvalue weighted by molar-refractivity contribution is 0.292. The molecule has 0 saturated carbocycles. The van der Waals surface area contributed by atoms with Gasteiger partial charge in [0.1, 0.15) is 11.9 Å². The van der Waals surface area contributed by atoms with Gasteiger partial charge in [-0.05, 0) is 45.9 Å². The summed E-state index contributed by atoms with van der Waals surface area (Å²) >= 11 is 6.18. The van der Waals surface area contributed by atoms with E-state index < -0.39 is 0 Å². The number of para-hydroxylation sites is 1. The highest BCUT2D eigenvalue weighted by molar-refractivity contribution is 6.33. The lowest BCUT2D eigenvalue weighted by Gasteiger charge is -2.24. The van der Waals surface area contributed by atoms with Gasteiger partial charge in [-0.1, -0.05) is 41.5 Å². The predicted octanol–water partition coefficient (Wildman–Crippen LogP) is 4.67. The van der Waals surface area contributed by atoms with Crippen LogP contribution in [0, 0.1) is 5.82 Å². The zero-order chi connectivity index (χ0) is 19.1. The van der Waals surface area contributed by atoms with Crippen LogP contribution in [0.15, 0.2) is 40.2 Å². The van der Waals surface area contributed by atoms with E-state index in [0.29, 0.717) is 10.7 Å². The van der Waals surface area contributed by atoms with E-state index in [1.54, 1.807) is 12.1 Å².